The van der Waals surface area contributed by atoms with Crippen LogP contribution in [0.5, 0.6) is 0 Å². The maximum absolute atomic E-state index is 13.6. The predicted octanol–water partition coefficient (Wildman–Crippen LogP) is 21.8. The Morgan fingerprint density at radius 1 is 0.424 bits per heavy atom. The molecule has 8 aliphatic heterocycles. The summed E-state index contributed by atoms with van der Waals surface area (Å²) in [5.41, 5.74) is 21.0. The number of para-hydroxylation sites is 1. The fourth-order valence-electron chi connectivity index (χ4n) is 20.0. The molecular formula is C106H112Cl2FN11O12. The number of aromatic carboxylic acids is 4. The quantitative estimate of drug-likeness (QED) is 0.0520. The van der Waals surface area contributed by atoms with Gasteiger partial charge in [-0.25, -0.2) is 28.6 Å². The molecule has 10 aliphatic rings. The fourth-order valence-corrected chi connectivity index (χ4v) is 20.4. The lowest BCUT2D eigenvalue weighted by atomic mass is 9.85. The molecule has 684 valence electrons. The van der Waals surface area contributed by atoms with Crippen molar-refractivity contribution in [3.63, 3.8) is 0 Å². The van der Waals surface area contributed by atoms with Crippen LogP contribution < -0.4 is 0 Å². The highest BCUT2D eigenvalue weighted by atomic mass is 35.5. The summed E-state index contributed by atoms with van der Waals surface area (Å²) in [4.78, 5) is 82.8. The van der Waals surface area contributed by atoms with Crippen molar-refractivity contribution >= 4 is 91.9 Å². The van der Waals surface area contributed by atoms with Crippen molar-refractivity contribution in [2.45, 2.75) is 210 Å². The highest BCUT2D eigenvalue weighted by Crippen LogP contribution is 2.47. The van der Waals surface area contributed by atoms with Gasteiger partial charge in [-0.2, -0.15) is 0 Å². The van der Waals surface area contributed by atoms with E-state index in [9.17, 15) is 23.6 Å². The number of hydrogen-bond donors (Lipinski definition) is 4. The Balaban J connectivity index is 0.000000119. The van der Waals surface area contributed by atoms with Crippen molar-refractivity contribution in [1.82, 2.24) is 33.7 Å². The Hall–Kier alpha value is -11.9. The highest BCUT2D eigenvalue weighted by Gasteiger charge is 2.47. The van der Waals surface area contributed by atoms with Crippen molar-refractivity contribution in [2.75, 3.05) is 52.4 Å². The van der Waals surface area contributed by atoms with Gasteiger partial charge in [0, 0.05) is 207 Å². The summed E-state index contributed by atoms with van der Waals surface area (Å²) in [6.45, 7) is 22.0. The van der Waals surface area contributed by atoms with Gasteiger partial charge in [0.2, 0.25) is 0 Å². The molecule has 0 bridgehead atoms. The minimum Gasteiger partial charge on any atom is -0.478 e. The monoisotopic (exact) mass is 1820 g/mol. The Morgan fingerprint density at radius 3 is 1.20 bits per heavy atom. The number of hydrogen-bond acceptors (Lipinski definition) is 17. The summed E-state index contributed by atoms with van der Waals surface area (Å²) in [6, 6.07) is 56.5. The molecule has 11 aromatic rings. The number of rotatable bonds is 21. The van der Waals surface area contributed by atoms with Gasteiger partial charge in [0.25, 0.3) is 0 Å². The van der Waals surface area contributed by atoms with Gasteiger partial charge in [0.1, 0.15) is 33.9 Å². The van der Waals surface area contributed by atoms with Gasteiger partial charge >= 0.3 is 23.9 Å². The van der Waals surface area contributed by atoms with Crippen LogP contribution in [0.15, 0.2) is 221 Å². The van der Waals surface area contributed by atoms with Gasteiger partial charge in [0.15, 0.2) is 0 Å². The average molecular weight is 1820 g/mol. The summed E-state index contributed by atoms with van der Waals surface area (Å²) in [5.74, 6) is -2.49. The van der Waals surface area contributed by atoms with E-state index in [0.717, 1.165) is 239 Å². The molecule has 132 heavy (non-hydrogen) atoms. The number of carbonyl (C=O) groups is 4. The van der Waals surface area contributed by atoms with E-state index in [1.807, 2.05) is 66.9 Å². The molecule has 0 atom stereocenters. The van der Waals surface area contributed by atoms with E-state index in [-0.39, 0.29) is 56.5 Å². The predicted molar refractivity (Wildman–Crippen MR) is 511 cm³/mol. The molecule has 6 fully saturated rings. The molecular weight excluding hydrogens is 1710 g/mol. The molecule has 26 heteroatoms. The van der Waals surface area contributed by atoms with Crippen LogP contribution in [0, 0.1) is 12.7 Å². The number of oxime groups is 4. The van der Waals surface area contributed by atoms with Gasteiger partial charge < -0.3 is 48.9 Å². The van der Waals surface area contributed by atoms with Crippen LogP contribution in [-0.4, -0.2) is 176 Å². The number of fused-ring (bicyclic) bond motifs is 2. The molecule has 11 heterocycles. The zero-order chi connectivity index (χ0) is 91.7. The molecule has 2 saturated carbocycles. The van der Waals surface area contributed by atoms with Gasteiger partial charge in [-0.3, -0.25) is 19.6 Å². The van der Waals surface area contributed by atoms with Gasteiger partial charge in [-0.15, -0.1) is 0 Å². The molecule has 2 aliphatic carbocycles. The number of aromatic nitrogens is 3. The van der Waals surface area contributed by atoms with E-state index in [4.69, 9.17) is 68.0 Å². The molecule has 23 nitrogen and oxygen atoms in total. The number of halogens is 3. The molecule has 4 spiro atoms. The second-order valence-electron chi connectivity index (χ2n) is 38.2. The van der Waals surface area contributed by atoms with Crippen LogP contribution >= 0.6 is 23.2 Å². The van der Waals surface area contributed by atoms with E-state index in [0.29, 0.717) is 12.0 Å². The average Bonchev–Trinajstić information content (AvgIpc) is 1.57. The third kappa shape index (κ3) is 20.5. The van der Waals surface area contributed by atoms with Crippen LogP contribution in [0.4, 0.5) is 4.39 Å². The molecule has 4 saturated heterocycles. The summed E-state index contributed by atoms with van der Waals surface area (Å²) < 4.78 is 18.3. The SMILES string of the molecule is CC(C)n1cc(CN2CCC3(CC2)CC(c2ccc(C(=O)O)cc2)=NO3)c2c(-c3ccc(F)cc3)ccnc21.Cc1cccc2c(CN3CCC4(CC3)CC(c3ccc(C(=O)O)cc3)=NO4)cn(C(C)C)c12.O=C(O)c1ccc(C2=NOC3(CCN(Cc4cc(C5CC5)ccc4Cl)CC3)C2)cc1.O=C(O)c1ccc(C2=NOC3(CCN(Cc4cc(Cl)cc(C5CC5)c4)CC3)C2)cc1. The third-order valence-electron chi connectivity index (χ3n) is 28.2. The molecule has 3 aromatic heterocycles. The van der Waals surface area contributed by atoms with E-state index < -0.39 is 23.9 Å². The molecule has 8 aromatic carbocycles. The van der Waals surface area contributed by atoms with Gasteiger partial charge in [0.05, 0.1) is 50.6 Å². The Morgan fingerprint density at radius 2 is 0.803 bits per heavy atom. The number of carboxylic acid groups (broad SMARTS) is 4. The van der Waals surface area contributed by atoms with Gasteiger partial charge in [-0.1, -0.05) is 141 Å². The smallest absolute Gasteiger partial charge is 0.335 e. The number of aryl methyl sites for hydroxylation is 1. The van der Waals surface area contributed by atoms with Crippen LogP contribution in [0.25, 0.3) is 33.1 Å². The van der Waals surface area contributed by atoms with Crippen LogP contribution in [0.2, 0.25) is 10.0 Å². The number of pyridine rings is 1. The van der Waals surface area contributed by atoms with E-state index in [2.05, 4.69) is 145 Å². The minimum atomic E-state index is -0.938. The van der Waals surface area contributed by atoms with Crippen molar-refractivity contribution < 1.29 is 63.3 Å². The van der Waals surface area contributed by atoms with E-state index in [1.54, 1.807) is 60.7 Å². The lowest BCUT2D eigenvalue weighted by Gasteiger charge is -2.37. The van der Waals surface area contributed by atoms with Gasteiger partial charge in [-0.05, 0) is 229 Å². The van der Waals surface area contributed by atoms with E-state index >= 15 is 0 Å². The van der Waals surface area contributed by atoms with Crippen LogP contribution in [-0.2, 0) is 45.5 Å². The van der Waals surface area contributed by atoms with E-state index in [1.165, 1.54) is 87.7 Å². The third-order valence-corrected chi connectivity index (χ3v) is 28.8. The molecule has 4 N–H and O–H groups in total. The Labute approximate surface area is 778 Å². The Bertz CT molecular complexity index is 6250. The van der Waals surface area contributed by atoms with Crippen molar-refractivity contribution in [2.24, 2.45) is 20.6 Å². The minimum absolute atomic E-state index is 0.231. The normalized spacial score (nSPS) is 19.0. The lowest BCUT2D eigenvalue weighted by Crippen LogP contribution is -2.44. The largest absolute Gasteiger partial charge is 0.478 e. The number of benzene rings is 8. The first-order valence-electron chi connectivity index (χ1n) is 46.3. The molecule has 0 unspecified atom stereocenters. The maximum atomic E-state index is 13.6. The molecule has 0 radical (unpaired) electrons. The summed E-state index contributed by atoms with van der Waals surface area (Å²) in [5, 5.41) is 58.0. The Kier molecular flexibility index (Phi) is 26.3. The molecule has 21 rings (SSSR count). The second-order valence-corrected chi connectivity index (χ2v) is 39.1. The first-order chi connectivity index (χ1) is 63.7. The maximum Gasteiger partial charge on any atom is 0.335 e. The fraction of sp³-hybridized carbons (Fsp3) is 0.387. The zero-order valence-corrected chi connectivity index (χ0v) is 76.8. The topological polar surface area (TPSA) is 271 Å². The lowest BCUT2D eigenvalue weighted by molar-refractivity contribution is -0.0628. The van der Waals surface area contributed by atoms with Crippen molar-refractivity contribution in [1.29, 1.82) is 0 Å². The summed E-state index contributed by atoms with van der Waals surface area (Å²) in [7, 11) is 0. The highest BCUT2D eigenvalue weighted by molar-refractivity contribution is 6.31. The first-order valence-corrected chi connectivity index (χ1v) is 47.1. The number of piperidine rings is 4. The zero-order valence-electron chi connectivity index (χ0n) is 75.3. The first kappa shape index (κ1) is 90.6. The van der Waals surface area contributed by atoms with Crippen molar-refractivity contribution in [3.05, 3.63) is 300 Å². The summed E-state index contributed by atoms with van der Waals surface area (Å²) >= 11 is 12.8. The number of likely N-dealkylation sites (tertiary alicyclic amines) is 4. The van der Waals surface area contributed by atoms with Crippen LogP contribution in [0.1, 0.15) is 257 Å². The second kappa shape index (κ2) is 38.4. The van der Waals surface area contributed by atoms with Crippen LogP contribution in [0.3, 0.4) is 0 Å². The van der Waals surface area contributed by atoms with Crippen molar-refractivity contribution in [3.8, 4) is 11.1 Å². The summed E-state index contributed by atoms with van der Waals surface area (Å²) in [6.07, 6.45) is 21.9. The molecule has 0 amide bonds. The standard InChI is InChI=1S/C31H31FN4O3.C27H31N3O3.2C24H25ClN2O3/c1-20(2)36-19-24(28-26(11-14-33-29(28)36)21-7-9-25(32)10-8-21)18-35-15-12-31(13-16-35)17-27(34-39-31)22-3-5-23(6-4-22)30(37)38;1-18(2)30-17-22(23-6-4-5-19(3)25(23)30)16-29-13-11-27(12-14-29)15-24(28-33-27)20-7-9-21(10-8-20)26(31)32;25-21-12-16(11-20(13-21)17-1-2-17)15-27-9-7-24(8-10-27)14-22(26-30-24)18-3-5-19(6-4-18)23(28)29;25-21-8-7-19(16-1-2-16)13-20(21)15-27-11-9-24(10-12-27)14-22(26-30-24)17-3-5-18(6-4-17)23(28)29/h3-11,14,19-20H,12-13,15-18H2,1-2H3,(H,37,38);4-10,17-18H,11-16H2,1-3H3,(H,31,32);3-6,11-13,17H,1-2,7-10,14-15H2,(H,28,29);3-8,13,16H,1-2,9-12,14-15H2,(H,28,29). The number of carboxylic acids is 4. The number of nitrogens with zero attached hydrogens (tertiary/aromatic N) is 11.